The van der Waals surface area contributed by atoms with E-state index in [0.717, 1.165) is 17.0 Å². The van der Waals surface area contributed by atoms with E-state index in [-0.39, 0.29) is 40.9 Å². The number of ether oxygens (including phenoxy) is 1. The van der Waals surface area contributed by atoms with Crippen molar-refractivity contribution in [3.05, 3.63) is 58.9 Å². The normalized spacial score (nSPS) is 13.6. The number of carbonyl (C=O) groups excluding carboxylic acids is 4. The number of nitrogens with zero attached hydrogens (tertiary/aromatic N) is 1. The largest absolute Gasteiger partial charge is 0.452 e. The summed E-state index contributed by atoms with van der Waals surface area (Å²) in [5.74, 6) is -2.54. The number of rotatable bonds is 5. The van der Waals surface area contributed by atoms with Crippen molar-refractivity contribution in [2.45, 2.75) is 12.8 Å². The van der Waals surface area contributed by atoms with Crippen molar-refractivity contribution < 1.29 is 28.3 Å². The van der Waals surface area contributed by atoms with Gasteiger partial charge in [-0.05, 0) is 42.5 Å². The maximum atomic E-state index is 13.0. The fourth-order valence-corrected chi connectivity index (χ4v) is 2.82. The molecule has 3 rings (SSSR count). The summed E-state index contributed by atoms with van der Waals surface area (Å²) in [5.41, 5.74) is 0.705. The lowest BCUT2D eigenvalue weighted by molar-refractivity contribution is -0.121. The van der Waals surface area contributed by atoms with Gasteiger partial charge in [0.25, 0.3) is 5.91 Å². The van der Waals surface area contributed by atoms with Crippen LogP contribution in [0.1, 0.15) is 23.2 Å². The second-order valence-electron chi connectivity index (χ2n) is 5.92. The highest BCUT2D eigenvalue weighted by atomic mass is 35.5. The summed E-state index contributed by atoms with van der Waals surface area (Å²) in [6.07, 6.45) is 0.325. The first-order valence-corrected chi connectivity index (χ1v) is 8.61. The maximum absolute atomic E-state index is 13.0. The van der Waals surface area contributed by atoms with Gasteiger partial charge in [0, 0.05) is 12.8 Å². The predicted octanol–water partition coefficient (Wildman–Crippen LogP) is 2.93. The van der Waals surface area contributed by atoms with Crippen LogP contribution in [-0.4, -0.2) is 30.3 Å². The van der Waals surface area contributed by atoms with Gasteiger partial charge in [-0.1, -0.05) is 11.6 Å². The van der Waals surface area contributed by atoms with E-state index in [1.807, 2.05) is 0 Å². The molecule has 1 fully saturated rings. The summed E-state index contributed by atoms with van der Waals surface area (Å²) in [4.78, 5) is 48.4. The Hall–Kier alpha value is -3.26. The van der Waals surface area contributed by atoms with Crippen molar-refractivity contribution in [1.29, 1.82) is 0 Å². The highest BCUT2D eigenvalue weighted by molar-refractivity contribution is 6.33. The molecular weight excluding hydrogens is 391 g/mol. The van der Waals surface area contributed by atoms with Crippen LogP contribution in [0.15, 0.2) is 42.5 Å². The van der Waals surface area contributed by atoms with E-state index in [9.17, 15) is 23.6 Å². The minimum Gasteiger partial charge on any atom is -0.452 e. The minimum atomic E-state index is -0.758. The highest BCUT2D eigenvalue weighted by Crippen LogP contribution is 2.23. The average molecular weight is 405 g/mol. The van der Waals surface area contributed by atoms with Crippen LogP contribution in [0.5, 0.6) is 0 Å². The van der Waals surface area contributed by atoms with Crippen LogP contribution in [-0.2, 0) is 19.1 Å². The zero-order chi connectivity index (χ0) is 20.3. The Morgan fingerprint density at radius 3 is 2.32 bits per heavy atom. The Morgan fingerprint density at radius 1 is 1.07 bits per heavy atom. The van der Waals surface area contributed by atoms with Gasteiger partial charge in [-0.25, -0.2) is 9.18 Å². The first-order valence-electron chi connectivity index (χ1n) is 8.23. The molecule has 0 spiro atoms. The second kappa shape index (κ2) is 8.18. The van der Waals surface area contributed by atoms with E-state index in [1.165, 1.54) is 30.3 Å². The molecule has 0 radical (unpaired) electrons. The predicted molar refractivity (Wildman–Crippen MR) is 98.5 cm³/mol. The third kappa shape index (κ3) is 4.34. The molecule has 0 unspecified atom stereocenters. The van der Waals surface area contributed by atoms with Crippen LogP contribution >= 0.6 is 11.6 Å². The minimum absolute atomic E-state index is 0.0151. The lowest BCUT2D eigenvalue weighted by atomic mass is 10.2. The second-order valence-corrected chi connectivity index (χ2v) is 6.33. The Bertz CT molecular complexity index is 945. The molecule has 0 aromatic heterocycles. The molecule has 1 heterocycles. The number of imide groups is 1. The number of nitrogens with one attached hydrogen (secondary N) is 1. The first kappa shape index (κ1) is 19.5. The van der Waals surface area contributed by atoms with Gasteiger partial charge in [0.15, 0.2) is 6.61 Å². The number of amides is 3. The number of benzene rings is 2. The topological polar surface area (TPSA) is 92.8 Å². The van der Waals surface area contributed by atoms with Gasteiger partial charge in [0.1, 0.15) is 5.82 Å². The van der Waals surface area contributed by atoms with Gasteiger partial charge in [-0.3, -0.25) is 19.3 Å². The third-order valence-electron chi connectivity index (χ3n) is 3.95. The lowest BCUT2D eigenvalue weighted by Crippen LogP contribution is -2.28. The molecule has 2 aromatic carbocycles. The summed E-state index contributed by atoms with van der Waals surface area (Å²) in [5, 5.41) is 2.42. The van der Waals surface area contributed by atoms with E-state index in [1.54, 1.807) is 0 Å². The SMILES string of the molecule is O=C(COC(=O)c1ccc(N2C(=O)CCC2=O)cc1)Nc1ccc(F)cc1Cl. The molecule has 1 saturated heterocycles. The fourth-order valence-electron chi connectivity index (χ4n) is 2.60. The van der Waals surface area contributed by atoms with Crippen LogP contribution in [0.2, 0.25) is 5.02 Å². The van der Waals surface area contributed by atoms with Crippen LogP contribution in [0.3, 0.4) is 0 Å². The molecule has 2 aromatic rings. The van der Waals surface area contributed by atoms with E-state index in [2.05, 4.69) is 5.32 Å². The number of halogens is 2. The van der Waals surface area contributed by atoms with Crippen molar-refractivity contribution in [2.75, 3.05) is 16.8 Å². The molecule has 0 aliphatic carbocycles. The summed E-state index contributed by atoms with van der Waals surface area (Å²) in [6, 6.07) is 9.16. The quantitative estimate of drug-likeness (QED) is 0.611. The molecule has 1 N–H and O–H groups in total. The van der Waals surface area contributed by atoms with Crippen LogP contribution in [0.25, 0.3) is 0 Å². The number of carbonyl (C=O) groups is 4. The summed E-state index contributed by atoms with van der Waals surface area (Å²) in [7, 11) is 0. The number of anilines is 2. The van der Waals surface area contributed by atoms with Crippen molar-refractivity contribution in [3.8, 4) is 0 Å². The molecular formula is C19H14ClFN2O5. The molecule has 144 valence electrons. The molecule has 7 nitrogen and oxygen atoms in total. The van der Waals surface area contributed by atoms with Crippen molar-refractivity contribution in [1.82, 2.24) is 0 Å². The maximum Gasteiger partial charge on any atom is 0.338 e. The van der Waals surface area contributed by atoms with Gasteiger partial charge in [-0.15, -0.1) is 0 Å². The Labute approximate surface area is 164 Å². The Kier molecular flexibility index (Phi) is 5.70. The first-order chi connectivity index (χ1) is 13.3. The van der Waals surface area contributed by atoms with E-state index in [0.29, 0.717) is 5.69 Å². The Morgan fingerprint density at radius 2 is 1.71 bits per heavy atom. The van der Waals surface area contributed by atoms with Gasteiger partial charge in [-0.2, -0.15) is 0 Å². The summed E-state index contributed by atoms with van der Waals surface area (Å²) >= 11 is 5.81. The smallest absolute Gasteiger partial charge is 0.338 e. The zero-order valence-corrected chi connectivity index (χ0v) is 15.2. The van der Waals surface area contributed by atoms with Gasteiger partial charge >= 0.3 is 5.97 Å². The lowest BCUT2D eigenvalue weighted by Gasteiger charge is -2.14. The van der Waals surface area contributed by atoms with Gasteiger partial charge in [0.05, 0.1) is 22.0 Å². The number of hydrogen-bond acceptors (Lipinski definition) is 5. The van der Waals surface area contributed by atoms with Crippen molar-refractivity contribution >= 4 is 46.7 Å². The van der Waals surface area contributed by atoms with Crippen molar-refractivity contribution in [3.63, 3.8) is 0 Å². The summed E-state index contributed by atoms with van der Waals surface area (Å²) in [6.45, 7) is -0.572. The van der Waals surface area contributed by atoms with Crippen molar-refractivity contribution in [2.24, 2.45) is 0 Å². The molecule has 9 heteroatoms. The third-order valence-corrected chi connectivity index (χ3v) is 4.27. The molecule has 0 bridgehead atoms. The summed E-state index contributed by atoms with van der Waals surface area (Å²) < 4.78 is 17.9. The number of hydrogen-bond donors (Lipinski definition) is 1. The average Bonchev–Trinajstić information content (AvgIpc) is 3.00. The molecule has 1 aliphatic rings. The zero-order valence-electron chi connectivity index (χ0n) is 14.4. The van der Waals surface area contributed by atoms with E-state index in [4.69, 9.17) is 16.3 Å². The molecule has 1 aliphatic heterocycles. The van der Waals surface area contributed by atoms with Crippen LogP contribution in [0, 0.1) is 5.82 Å². The molecule has 3 amide bonds. The van der Waals surface area contributed by atoms with Crippen LogP contribution in [0.4, 0.5) is 15.8 Å². The molecule has 0 saturated carbocycles. The fraction of sp³-hybridized carbons (Fsp3) is 0.158. The van der Waals surface area contributed by atoms with E-state index >= 15 is 0 Å². The van der Waals surface area contributed by atoms with Gasteiger partial charge in [0.2, 0.25) is 11.8 Å². The standard InChI is InChI=1S/C19H14ClFN2O5/c20-14-9-12(21)3-6-15(14)22-16(24)10-28-19(27)11-1-4-13(5-2-11)23-17(25)7-8-18(23)26/h1-6,9H,7-8,10H2,(H,22,24). The molecule has 28 heavy (non-hydrogen) atoms. The highest BCUT2D eigenvalue weighted by Gasteiger charge is 2.30. The van der Waals surface area contributed by atoms with Gasteiger partial charge < -0.3 is 10.1 Å². The Balaban J connectivity index is 1.56. The monoisotopic (exact) mass is 404 g/mol. The molecule has 0 atom stereocenters. The van der Waals surface area contributed by atoms with E-state index < -0.39 is 24.3 Å². The van der Waals surface area contributed by atoms with Crippen LogP contribution < -0.4 is 10.2 Å². The number of esters is 1.